The highest BCUT2D eigenvalue weighted by Crippen LogP contribution is 2.15. The van der Waals surface area contributed by atoms with Crippen molar-refractivity contribution in [3.63, 3.8) is 0 Å². The summed E-state index contributed by atoms with van der Waals surface area (Å²) in [6.07, 6.45) is 4.01. The molecule has 15 heavy (non-hydrogen) atoms. The van der Waals surface area contributed by atoms with E-state index in [4.69, 9.17) is 0 Å². The first-order valence-electron chi connectivity index (χ1n) is 6.41. The van der Waals surface area contributed by atoms with E-state index >= 15 is 0 Å². The molecule has 92 valence electrons. The van der Waals surface area contributed by atoms with Gasteiger partial charge in [0, 0.05) is 13.1 Å². The van der Waals surface area contributed by atoms with E-state index in [0.717, 1.165) is 13.1 Å². The van der Waals surface area contributed by atoms with Gasteiger partial charge in [-0.1, -0.05) is 40.5 Å². The molecule has 0 unspecified atom stereocenters. The normalized spacial score (nSPS) is 12.4. The van der Waals surface area contributed by atoms with Crippen LogP contribution >= 0.6 is 0 Å². The maximum absolute atomic E-state index is 3.43. The summed E-state index contributed by atoms with van der Waals surface area (Å²) < 4.78 is 0. The van der Waals surface area contributed by atoms with Gasteiger partial charge in [-0.25, -0.2) is 0 Å². The zero-order chi connectivity index (χ0) is 11.7. The molecule has 0 atom stereocenters. The molecule has 0 aliphatic rings. The van der Waals surface area contributed by atoms with Crippen LogP contribution in [-0.2, 0) is 0 Å². The van der Waals surface area contributed by atoms with Gasteiger partial charge in [-0.05, 0) is 32.0 Å². The van der Waals surface area contributed by atoms with Crippen LogP contribution in [0, 0.1) is 5.41 Å². The Bertz CT molecular complexity index is 143. The van der Waals surface area contributed by atoms with E-state index in [2.05, 4.69) is 45.0 Å². The van der Waals surface area contributed by atoms with Gasteiger partial charge < -0.3 is 10.2 Å². The van der Waals surface area contributed by atoms with Crippen molar-refractivity contribution in [2.24, 2.45) is 5.41 Å². The molecule has 1 N–H and O–H groups in total. The summed E-state index contributed by atoms with van der Waals surface area (Å²) in [5.41, 5.74) is 0.386. The van der Waals surface area contributed by atoms with Crippen LogP contribution in [0.25, 0.3) is 0 Å². The Hall–Kier alpha value is -0.0800. The Labute approximate surface area is 96.4 Å². The Morgan fingerprint density at radius 2 is 1.80 bits per heavy atom. The van der Waals surface area contributed by atoms with Gasteiger partial charge in [-0.15, -0.1) is 0 Å². The van der Waals surface area contributed by atoms with Crippen LogP contribution < -0.4 is 5.32 Å². The Morgan fingerprint density at radius 3 is 2.33 bits per heavy atom. The van der Waals surface area contributed by atoms with E-state index < -0.39 is 0 Å². The summed E-state index contributed by atoms with van der Waals surface area (Å²) in [5, 5.41) is 3.43. The molecular weight excluding hydrogens is 184 g/mol. The van der Waals surface area contributed by atoms with E-state index in [1.807, 2.05) is 0 Å². The minimum Gasteiger partial charge on any atom is -0.316 e. The fourth-order valence-corrected chi connectivity index (χ4v) is 1.96. The topological polar surface area (TPSA) is 15.3 Å². The van der Waals surface area contributed by atoms with Crippen LogP contribution in [0.1, 0.15) is 47.0 Å². The zero-order valence-corrected chi connectivity index (χ0v) is 11.4. The number of hydrogen-bond donors (Lipinski definition) is 1. The second-order valence-electron chi connectivity index (χ2n) is 5.39. The summed E-state index contributed by atoms with van der Waals surface area (Å²) in [6, 6.07) is 0. The fraction of sp³-hybridized carbons (Fsp3) is 1.00. The van der Waals surface area contributed by atoms with Gasteiger partial charge in [0.2, 0.25) is 0 Å². The number of nitrogens with one attached hydrogen (secondary N) is 1. The maximum atomic E-state index is 3.43. The molecule has 2 heteroatoms. The van der Waals surface area contributed by atoms with Gasteiger partial charge in [0.15, 0.2) is 0 Å². The van der Waals surface area contributed by atoms with E-state index in [0.29, 0.717) is 5.41 Å². The average molecular weight is 214 g/mol. The third kappa shape index (κ3) is 8.88. The molecular formula is C13H30N2. The minimum absolute atomic E-state index is 0.386. The zero-order valence-electron chi connectivity index (χ0n) is 11.4. The SMILES string of the molecule is CCCCCN(C)CC(C)(C)CNCC. The molecule has 0 aromatic rings. The van der Waals surface area contributed by atoms with Crippen molar-refractivity contribution in [1.82, 2.24) is 10.2 Å². The van der Waals surface area contributed by atoms with E-state index in [1.165, 1.54) is 32.4 Å². The summed E-state index contributed by atoms with van der Waals surface area (Å²) in [4.78, 5) is 2.47. The number of rotatable bonds is 9. The lowest BCUT2D eigenvalue weighted by Gasteiger charge is -2.30. The molecule has 0 aromatic carbocycles. The molecule has 0 amide bonds. The van der Waals surface area contributed by atoms with Crippen molar-refractivity contribution < 1.29 is 0 Å². The molecule has 0 aliphatic carbocycles. The van der Waals surface area contributed by atoms with E-state index in [-0.39, 0.29) is 0 Å². The Morgan fingerprint density at radius 1 is 1.13 bits per heavy atom. The van der Waals surface area contributed by atoms with Crippen molar-refractivity contribution in [3.05, 3.63) is 0 Å². The Kier molecular flexibility index (Phi) is 8.07. The lowest BCUT2D eigenvalue weighted by Crippen LogP contribution is -2.39. The van der Waals surface area contributed by atoms with Crippen LogP contribution in [0.3, 0.4) is 0 Å². The van der Waals surface area contributed by atoms with Crippen molar-refractivity contribution in [2.45, 2.75) is 47.0 Å². The number of hydrogen-bond acceptors (Lipinski definition) is 2. The molecule has 0 rings (SSSR count). The van der Waals surface area contributed by atoms with Crippen molar-refractivity contribution in [2.75, 3.05) is 33.2 Å². The first-order valence-corrected chi connectivity index (χ1v) is 6.41. The van der Waals surface area contributed by atoms with Gasteiger partial charge in [-0.3, -0.25) is 0 Å². The molecule has 0 fully saturated rings. The lowest BCUT2D eigenvalue weighted by molar-refractivity contribution is 0.202. The summed E-state index contributed by atoms with van der Waals surface area (Å²) in [6.45, 7) is 13.7. The highest BCUT2D eigenvalue weighted by molar-refractivity contribution is 4.74. The largest absolute Gasteiger partial charge is 0.316 e. The van der Waals surface area contributed by atoms with Gasteiger partial charge in [-0.2, -0.15) is 0 Å². The second-order valence-corrected chi connectivity index (χ2v) is 5.39. The third-order valence-corrected chi connectivity index (χ3v) is 2.69. The first-order chi connectivity index (χ1) is 7.02. The second kappa shape index (κ2) is 8.12. The van der Waals surface area contributed by atoms with Crippen LogP contribution in [-0.4, -0.2) is 38.1 Å². The molecule has 0 aliphatic heterocycles. The predicted molar refractivity (Wildman–Crippen MR) is 69.3 cm³/mol. The molecule has 0 bridgehead atoms. The highest BCUT2D eigenvalue weighted by atomic mass is 15.1. The smallest absolute Gasteiger partial charge is 0.00418 e. The number of unbranched alkanes of at least 4 members (excludes halogenated alkanes) is 2. The average Bonchev–Trinajstić information content (AvgIpc) is 2.14. The van der Waals surface area contributed by atoms with Crippen molar-refractivity contribution in [3.8, 4) is 0 Å². The van der Waals surface area contributed by atoms with Crippen LogP contribution in [0.4, 0.5) is 0 Å². The molecule has 0 aromatic heterocycles. The van der Waals surface area contributed by atoms with Crippen molar-refractivity contribution in [1.29, 1.82) is 0 Å². The lowest BCUT2D eigenvalue weighted by atomic mass is 9.92. The van der Waals surface area contributed by atoms with Crippen LogP contribution in [0.2, 0.25) is 0 Å². The van der Waals surface area contributed by atoms with Gasteiger partial charge in [0.25, 0.3) is 0 Å². The Balaban J connectivity index is 3.67. The van der Waals surface area contributed by atoms with Gasteiger partial charge in [0.05, 0.1) is 0 Å². The predicted octanol–water partition coefficient (Wildman–Crippen LogP) is 2.74. The highest BCUT2D eigenvalue weighted by Gasteiger charge is 2.18. The maximum Gasteiger partial charge on any atom is 0.00418 e. The van der Waals surface area contributed by atoms with E-state index in [9.17, 15) is 0 Å². The summed E-state index contributed by atoms with van der Waals surface area (Å²) >= 11 is 0. The van der Waals surface area contributed by atoms with Crippen LogP contribution in [0.15, 0.2) is 0 Å². The molecule has 0 radical (unpaired) electrons. The fourth-order valence-electron chi connectivity index (χ4n) is 1.96. The summed E-state index contributed by atoms with van der Waals surface area (Å²) in [5.74, 6) is 0. The summed E-state index contributed by atoms with van der Waals surface area (Å²) in [7, 11) is 2.24. The van der Waals surface area contributed by atoms with Crippen LogP contribution in [0.5, 0.6) is 0 Å². The van der Waals surface area contributed by atoms with E-state index in [1.54, 1.807) is 0 Å². The monoisotopic (exact) mass is 214 g/mol. The number of nitrogens with zero attached hydrogens (tertiary/aromatic N) is 1. The standard InChI is InChI=1S/C13H30N2/c1-6-8-9-10-15(5)12-13(3,4)11-14-7-2/h14H,6-12H2,1-5H3. The van der Waals surface area contributed by atoms with Gasteiger partial charge >= 0.3 is 0 Å². The molecule has 0 heterocycles. The van der Waals surface area contributed by atoms with Gasteiger partial charge in [0.1, 0.15) is 0 Å². The molecule has 0 saturated carbocycles. The molecule has 2 nitrogen and oxygen atoms in total. The quantitative estimate of drug-likeness (QED) is 0.594. The first kappa shape index (κ1) is 14.9. The third-order valence-electron chi connectivity index (χ3n) is 2.69. The molecule has 0 saturated heterocycles. The van der Waals surface area contributed by atoms with Crippen molar-refractivity contribution >= 4 is 0 Å². The minimum atomic E-state index is 0.386. The molecule has 0 spiro atoms.